The van der Waals surface area contributed by atoms with Crippen LogP contribution in [0.2, 0.25) is 0 Å². The summed E-state index contributed by atoms with van der Waals surface area (Å²) in [7, 11) is 0. The molecule has 0 saturated heterocycles. The molecule has 0 bridgehead atoms. The summed E-state index contributed by atoms with van der Waals surface area (Å²) >= 11 is 1.82. The first kappa shape index (κ1) is 12.0. The summed E-state index contributed by atoms with van der Waals surface area (Å²) in [5.74, 6) is 0. The quantitative estimate of drug-likeness (QED) is 0.829. The fourth-order valence-electron chi connectivity index (χ4n) is 1.94. The van der Waals surface area contributed by atoms with E-state index in [1.165, 1.54) is 9.88 Å². The van der Waals surface area contributed by atoms with Gasteiger partial charge in [0.2, 0.25) is 0 Å². The summed E-state index contributed by atoms with van der Waals surface area (Å²) in [4.78, 5) is 5.70. The van der Waals surface area contributed by atoms with Crippen LogP contribution in [0.15, 0.2) is 6.20 Å². The van der Waals surface area contributed by atoms with Gasteiger partial charge in [-0.3, -0.25) is 0 Å². The Hall–Kier alpha value is -0.450. The molecule has 1 aliphatic carbocycles. The molecule has 0 amide bonds. The Morgan fingerprint density at radius 2 is 2.31 bits per heavy atom. The van der Waals surface area contributed by atoms with Crippen LogP contribution in [-0.2, 0) is 17.7 Å². The molecule has 16 heavy (non-hydrogen) atoms. The second-order valence-corrected chi connectivity index (χ2v) is 5.40. The van der Waals surface area contributed by atoms with E-state index in [9.17, 15) is 0 Å². The fourth-order valence-corrected chi connectivity index (χ4v) is 2.76. The molecule has 0 aromatic carbocycles. The van der Waals surface area contributed by atoms with Gasteiger partial charge in [-0.25, -0.2) is 4.98 Å². The first-order chi connectivity index (χ1) is 7.81. The van der Waals surface area contributed by atoms with Crippen LogP contribution >= 0.6 is 11.3 Å². The standard InChI is InChI=1S/C12H20N2OS/c1-3-12-14-8-11(16-12)7-13-9-5-10(6-9)15-4-2/h8-10,13H,3-7H2,1-2H3. The number of nitrogens with one attached hydrogen (secondary N) is 1. The molecule has 0 spiro atoms. The summed E-state index contributed by atoms with van der Waals surface area (Å²) in [6.07, 6.45) is 5.85. The van der Waals surface area contributed by atoms with Crippen LogP contribution in [0, 0.1) is 0 Å². The van der Waals surface area contributed by atoms with Crippen molar-refractivity contribution in [2.24, 2.45) is 0 Å². The molecule has 4 heteroatoms. The Bertz CT molecular complexity index is 321. The lowest BCUT2D eigenvalue weighted by Crippen LogP contribution is -2.44. The molecular formula is C12H20N2OS. The average molecular weight is 240 g/mol. The maximum absolute atomic E-state index is 5.53. The topological polar surface area (TPSA) is 34.1 Å². The summed E-state index contributed by atoms with van der Waals surface area (Å²) in [6.45, 7) is 6.01. The van der Waals surface area contributed by atoms with Gasteiger partial charge in [0.25, 0.3) is 0 Å². The number of ether oxygens (including phenoxy) is 1. The van der Waals surface area contributed by atoms with Gasteiger partial charge < -0.3 is 10.1 Å². The average Bonchev–Trinajstić information content (AvgIpc) is 2.69. The first-order valence-corrected chi connectivity index (χ1v) is 6.92. The van der Waals surface area contributed by atoms with Crippen LogP contribution in [0.25, 0.3) is 0 Å². The molecule has 3 nitrogen and oxygen atoms in total. The van der Waals surface area contributed by atoms with Crippen LogP contribution in [0.1, 0.15) is 36.6 Å². The minimum Gasteiger partial charge on any atom is -0.378 e. The molecule has 0 radical (unpaired) electrons. The Balaban J connectivity index is 1.65. The van der Waals surface area contributed by atoms with E-state index < -0.39 is 0 Å². The molecule has 0 atom stereocenters. The second-order valence-electron chi connectivity index (χ2n) is 4.20. The third kappa shape index (κ3) is 3.03. The van der Waals surface area contributed by atoms with Crippen LogP contribution in [0.5, 0.6) is 0 Å². The maximum Gasteiger partial charge on any atom is 0.0925 e. The highest BCUT2D eigenvalue weighted by atomic mass is 32.1. The van der Waals surface area contributed by atoms with Crippen LogP contribution in [0.3, 0.4) is 0 Å². The van der Waals surface area contributed by atoms with Crippen molar-refractivity contribution in [3.63, 3.8) is 0 Å². The van der Waals surface area contributed by atoms with Gasteiger partial charge in [-0.15, -0.1) is 11.3 Å². The van der Waals surface area contributed by atoms with E-state index in [4.69, 9.17) is 4.74 Å². The van der Waals surface area contributed by atoms with E-state index in [1.54, 1.807) is 0 Å². The maximum atomic E-state index is 5.53. The van der Waals surface area contributed by atoms with Gasteiger partial charge in [0, 0.05) is 30.3 Å². The monoisotopic (exact) mass is 240 g/mol. The SMILES string of the molecule is CCOC1CC(NCc2cnc(CC)s2)C1. The minimum absolute atomic E-state index is 0.496. The zero-order valence-corrected chi connectivity index (χ0v) is 10.8. The first-order valence-electron chi connectivity index (χ1n) is 6.10. The molecule has 1 fully saturated rings. The fraction of sp³-hybridized carbons (Fsp3) is 0.750. The van der Waals surface area contributed by atoms with E-state index >= 15 is 0 Å². The predicted molar refractivity (Wildman–Crippen MR) is 66.8 cm³/mol. The molecule has 0 aliphatic heterocycles. The number of hydrogen-bond acceptors (Lipinski definition) is 4. The number of thiazole rings is 1. The molecule has 1 aromatic heterocycles. The van der Waals surface area contributed by atoms with Gasteiger partial charge in [-0.2, -0.15) is 0 Å². The lowest BCUT2D eigenvalue weighted by Gasteiger charge is -2.35. The highest BCUT2D eigenvalue weighted by Gasteiger charge is 2.28. The van der Waals surface area contributed by atoms with Gasteiger partial charge in [0.1, 0.15) is 0 Å². The third-order valence-electron chi connectivity index (χ3n) is 2.97. The van der Waals surface area contributed by atoms with E-state index in [0.29, 0.717) is 12.1 Å². The van der Waals surface area contributed by atoms with Gasteiger partial charge in [0.15, 0.2) is 0 Å². The molecule has 1 heterocycles. The molecule has 2 rings (SSSR count). The van der Waals surface area contributed by atoms with Crippen molar-refractivity contribution in [3.05, 3.63) is 16.1 Å². The molecule has 90 valence electrons. The Morgan fingerprint density at radius 3 is 2.94 bits per heavy atom. The van der Waals surface area contributed by atoms with Gasteiger partial charge >= 0.3 is 0 Å². The summed E-state index contributed by atoms with van der Waals surface area (Å²) in [5.41, 5.74) is 0. The molecule has 1 N–H and O–H groups in total. The van der Waals surface area contributed by atoms with Crippen LogP contribution in [0.4, 0.5) is 0 Å². The normalized spacial score (nSPS) is 24.4. The van der Waals surface area contributed by atoms with Crippen molar-refractivity contribution in [1.82, 2.24) is 10.3 Å². The zero-order valence-electron chi connectivity index (χ0n) is 10.0. The Morgan fingerprint density at radius 1 is 1.50 bits per heavy atom. The molecular weight excluding hydrogens is 220 g/mol. The van der Waals surface area contributed by atoms with E-state index in [-0.39, 0.29) is 0 Å². The van der Waals surface area contributed by atoms with Gasteiger partial charge in [0.05, 0.1) is 11.1 Å². The van der Waals surface area contributed by atoms with Crippen molar-refractivity contribution < 1.29 is 4.74 Å². The number of nitrogens with zero attached hydrogens (tertiary/aromatic N) is 1. The number of rotatable bonds is 6. The Labute approximate surface area is 101 Å². The van der Waals surface area contributed by atoms with E-state index in [0.717, 1.165) is 32.4 Å². The largest absolute Gasteiger partial charge is 0.378 e. The van der Waals surface area contributed by atoms with Gasteiger partial charge in [-0.05, 0) is 26.2 Å². The lowest BCUT2D eigenvalue weighted by molar-refractivity contribution is -0.0101. The van der Waals surface area contributed by atoms with Gasteiger partial charge in [-0.1, -0.05) is 6.92 Å². The molecule has 1 aliphatic rings. The third-order valence-corrected chi connectivity index (χ3v) is 4.11. The molecule has 1 aromatic rings. The summed E-state index contributed by atoms with van der Waals surface area (Å²) in [5, 5.41) is 4.79. The van der Waals surface area contributed by atoms with E-state index in [2.05, 4.69) is 24.1 Å². The van der Waals surface area contributed by atoms with Crippen LogP contribution in [-0.4, -0.2) is 23.7 Å². The summed E-state index contributed by atoms with van der Waals surface area (Å²) < 4.78 is 5.53. The molecule has 0 unspecified atom stereocenters. The Kier molecular flexibility index (Phi) is 4.32. The zero-order chi connectivity index (χ0) is 11.4. The smallest absolute Gasteiger partial charge is 0.0925 e. The number of aryl methyl sites for hydroxylation is 1. The van der Waals surface area contributed by atoms with Crippen molar-refractivity contribution in [2.75, 3.05) is 6.61 Å². The minimum atomic E-state index is 0.496. The molecule has 1 saturated carbocycles. The number of aromatic nitrogens is 1. The predicted octanol–water partition coefficient (Wildman–Crippen LogP) is 2.36. The highest BCUT2D eigenvalue weighted by Crippen LogP contribution is 2.24. The van der Waals surface area contributed by atoms with Crippen molar-refractivity contribution >= 4 is 11.3 Å². The van der Waals surface area contributed by atoms with E-state index in [1.807, 2.05) is 17.5 Å². The number of hydrogen-bond donors (Lipinski definition) is 1. The van der Waals surface area contributed by atoms with Crippen molar-refractivity contribution in [1.29, 1.82) is 0 Å². The van der Waals surface area contributed by atoms with Crippen molar-refractivity contribution in [3.8, 4) is 0 Å². The second kappa shape index (κ2) is 5.75. The lowest BCUT2D eigenvalue weighted by atomic mass is 9.89. The van der Waals surface area contributed by atoms with Crippen LogP contribution < -0.4 is 5.32 Å². The summed E-state index contributed by atoms with van der Waals surface area (Å²) in [6, 6.07) is 0.642. The van der Waals surface area contributed by atoms with Crippen molar-refractivity contribution in [2.45, 2.75) is 51.8 Å². The highest BCUT2D eigenvalue weighted by molar-refractivity contribution is 7.11.